The first-order valence-corrected chi connectivity index (χ1v) is 10.2. The summed E-state index contributed by atoms with van der Waals surface area (Å²) in [5.41, 5.74) is 5.77. The summed E-state index contributed by atoms with van der Waals surface area (Å²) in [7, 11) is 0. The monoisotopic (exact) mass is 437 g/mol. The normalized spacial score (nSPS) is 10.8. The Hall–Kier alpha value is -4.63. The Morgan fingerprint density at radius 2 is 1.82 bits per heavy atom. The van der Waals surface area contributed by atoms with E-state index in [4.69, 9.17) is 5.21 Å². The van der Waals surface area contributed by atoms with Gasteiger partial charge in [0.2, 0.25) is 0 Å². The Bertz CT molecular complexity index is 1400. The van der Waals surface area contributed by atoms with E-state index in [2.05, 4.69) is 24.9 Å². The first kappa shape index (κ1) is 20.3. The van der Waals surface area contributed by atoms with E-state index in [1.807, 2.05) is 47.5 Å². The van der Waals surface area contributed by atoms with Crippen molar-refractivity contribution in [2.75, 3.05) is 4.90 Å². The van der Waals surface area contributed by atoms with Gasteiger partial charge in [-0.25, -0.2) is 20.4 Å². The third kappa shape index (κ3) is 4.12. The smallest absolute Gasteiger partial charge is 0.274 e. The summed E-state index contributed by atoms with van der Waals surface area (Å²) in [4.78, 5) is 34.4. The van der Waals surface area contributed by atoms with E-state index in [9.17, 15) is 4.79 Å². The predicted molar refractivity (Wildman–Crippen MR) is 123 cm³/mol. The van der Waals surface area contributed by atoms with Gasteiger partial charge in [-0.1, -0.05) is 12.1 Å². The fraction of sp³-hybridized carbons (Fsp3) is 0.0417. The van der Waals surface area contributed by atoms with Crippen molar-refractivity contribution in [3.8, 4) is 11.1 Å². The van der Waals surface area contributed by atoms with Crippen LogP contribution in [0.2, 0.25) is 0 Å². The standard InChI is InChI=1S/C24H19N7O2/c32-24(30-33)17-5-3-16(4-6-17)15-31(22-14-25-10-11-27-22)21-12-18(7-9-26-21)20-13-29-23-19(20)2-1-8-28-23/h1-14,33H,15H2,(H,28,29)(H,30,32). The zero-order valence-corrected chi connectivity index (χ0v) is 17.4. The van der Waals surface area contributed by atoms with Crippen molar-refractivity contribution in [1.82, 2.24) is 30.4 Å². The number of benzene rings is 1. The van der Waals surface area contributed by atoms with Gasteiger partial charge in [0, 0.05) is 47.5 Å². The summed E-state index contributed by atoms with van der Waals surface area (Å²) in [6.07, 6.45) is 10.4. The maximum absolute atomic E-state index is 11.6. The summed E-state index contributed by atoms with van der Waals surface area (Å²) < 4.78 is 0. The van der Waals surface area contributed by atoms with Crippen LogP contribution in [0, 0.1) is 0 Å². The van der Waals surface area contributed by atoms with Crippen molar-refractivity contribution in [1.29, 1.82) is 0 Å². The molecule has 162 valence electrons. The van der Waals surface area contributed by atoms with E-state index in [1.165, 1.54) is 0 Å². The number of nitrogens with one attached hydrogen (secondary N) is 2. The fourth-order valence-corrected chi connectivity index (χ4v) is 3.65. The van der Waals surface area contributed by atoms with Gasteiger partial charge in [-0.05, 0) is 47.5 Å². The van der Waals surface area contributed by atoms with Gasteiger partial charge in [0.1, 0.15) is 11.5 Å². The molecule has 0 saturated heterocycles. The Labute approximate surface area is 188 Å². The number of hydrogen-bond acceptors (Lipinski definition) is 7. The molecule has 0 aliphatic rings. The molecule has 3 N–H and O–H groups in total. The van der Waals surface area contributed by atoms with Crippen LogP contribution in [0.25, 0.3) is 22.2 Å². The highest BCUT2D eigenvalue weighted by Crippen LogP contribution is 2.31. The lowest BCUT2D eigenvalue weighted by atomic mass is 10.1. The van der Waals surface area contributed by atoms with E-state index in [0.29, 0.717) is 23.7 Å². The number of anilines is 2. The van der Waals surface area contributed by atoms with Crippen LogP contribution >= 0.6 is 0 Å². The molecule has 0 unspecified atom stereocenters. The second-order valence-electron chi connectivity index (χ2n) is 7.29. The van der Waals surface area contributed by atoms with Crippen molar-refractivity contribution < 1.29 is 10.0 Å². The van der Waals surface area contributed by atoms with Crippen LogP contribution in [0.15, 0.2) is 85.7 Å². The van der Waals surface area contributed by atoms with Crippen LogP contribution in [0.3, 0.4) is 0 Å². The molecule has 5 rings (SSSR count). The third-order valence-electron chi connectivity index (χ3n) is 5.27. The number of pyridine rings is 2. The molecule has 4 aromatic heterocycles. The Balaban J connectivity index is 1.52. The van der Waals surface area contributed by atoms with Crippen LogP contribution in [0.5, 0.6) is 0 Å². The lowest BCUT2D eigenvalue weighted by molar-refractivity contribution is 0.0706. The summed E-state index contributed by atoms with van der Waals surface area (Å²) >= 11 is 0. The zero-order valence-electron chi connectivity index (χ0n) is 17.4. The van der Waals surface area contributed by atoms with Gasteiger partial charge in [-0.3, -0.25) is 15.0 Å². The highest BCUT2D eigenvalue weighted by molar-refractivity contribution is 5.94. The molecule has 0 fully saturated rings. The van der Waals surface area contributed by atoms with Crippen molar-refractivity contribution >= 4 is 28.6 Å². The van der Waals surface area contributed by atoms with Crippen LogP contribution in [0.1, 0.15) is 15.9 Å². The Kier molecular flexibility index (Phi) is 5.44. The maximum atomic E-state index is 11.6. The molecule has 1 amide bonds. The van der Waals surface area contributed by atoms with E-state index in [-0.39, 0.29) is 0 Å². The quantitative estimate of drug-likeness (QED) is 0.272. The molecule has 0 aliphatic heterocycles. The minimum absolute atomic E-state index is 0.361. The topological polar surface area (TPSA) is 120 Å². The van der Waals surface area contributed by atoms with Gasteiger partial charge in [0.05, 0.1) is 12.7 Å². The van der Waals surface area contributed by atoms with Crippen LogP contribution in [-0.2, 0) is 6.54 Å². The second kappa shape index (κ2) is 8.85. The van der Waals surface area contributed by atoms with Crippen LogP contribution < -0.4 is 10.4 Å². The minimum Gasteiger partial charge on any atom is -0.346 e. The zero-order chi connectivity index (χ0) is 22.6. The van der Waals surface area contributed by atoms with Gasteiger partial charge in [0.15, 0.2) is 5.82 Å². The van der Waals surface area contributed by atoms with E-state index in [1.54, 1.807) is 48.6 Å². The van der Waals surface area contributed by atoms with Gasteiger partial charge in [-0.15, -0.1) is 0 Å². The summed E-state index contributed by atoms with van der Waals surface area (Å²) in [5.74, 6) is 0.776. The van der Waals surface area contributed by atoms with Crippen molar-refractivity contribution in [2.24, 2.45) is 0 Å². The number of carbonyl (C=O) groups is 1. The molecule has 5 aromatic rings. The minimum atomic E-state index is -0.560. The molecule has 1 aromatic carbocycles. The van der Waals surface area contributed by atoms with E-state index < -0.39 is 5.91 Å². The third-order valence-corrected chi connectivity index (χ3v) is 5.27. The number of fused-ring (bicyclic) bond motifs is 1. The molecule has 0 aliphatic carbocycles. The first-order chi connectivity index (χ1) is 16.2. The maximum Gasteiger partial charge on any atom is 0.274 e. The van der Waals surface area contributed by atoms with Gasteiger partial charge in [-0.2, -0.15) is 0 Å². The van der Waals surface area contributed by atoms with E-state index >= 15 is 0 Å². The van der Waals surface area contributed by atoms with Gasteiger partial charge < -0.3 is 9.88 Å². The summed E-state index contributed by atoms with van der Waals surface area (Å²) in [6.45, 7) is 0.450. The van der Waals surface area contributed by atoms with Crippen molar-refractivity contribution in [3.63, 3.8) is 0 Å². The molecule has 0 bridgehead atoms. The number of aromatic nitrogens is 5. The Morgan fingerprint density at radius 1 is 0.970 bits per heavy atom. The first-order valence-electron chi connectivity index (χ1n) is 10.2. The fourth-order valence-electron chi connectivity index (χ4n) is 3.65. The molecule has 9 heteroatoms. The molecular weight excluding hydrogens is 418 g/mol. The lowest BCUT2D eigenvalue weighted by Crippen LogP contribution is -2.20. The number of rotatable bonds is 6. The number of carbonyl (C=O) groups excluding carboxylic acids is 1. The average Bonchev–Trinajstić information content (AvgIpc) is 3.32. The lowest BCUT2D eigenvalue weighted by Gasteiger charge is -2.23. The van der Waals surface area contributed by atoms with Crippen molar-refractivity contribution in [3.05, 3.63) is 96.8 Å². The van der Waals surface area contributed by atoms with E-state index in [0.717, 1.165) is 27.7 Å². The molecule has 0 radical (unpaired) electrons. The van der Waals surface area contributed by atoms with Gasteiger partial charge in [0.25, 0.3) is 5.91 Å². The molecule has 0 saturated carbocycles. The van der Waals surface area contributed by atoms with Crippen LogP contribution in [0.4, 0.5) is 11.6 Å². The number of amides is 1. The second-order valence-corrected chi connectivity index (χ2v) is 7.29. The molecule has 0 atom stereocenters. The predicted octanol–water partition coefficient (Wildman–Crippen LogP) is 3.87. The number of aromatic amines is 1. The molecule has 4 heterocycles. The number of nitrogens with zero attached hydrogens (tertiary/aromatic N) is 5. The average molecular weight is 437 g/mol. The highest BCUT2D eigenvalue weighted by atomic mass is 16.5. The molecular formula is C24H19N7O2. The molecule has 0 spiro atoms. The molecule has 33 heavy (non-hydrogen) atoms. The number of hydrogen-bond donors (Lipinski definition) is 3. The summed E-state index contributed by atoms with van der Waals surface area (Å²) in [5, 5.41) is 9.86. The number of hydroxylamine groups is 1. The Morgan fingerprint density at radius 3 is 2.61 bits per heavy atom. The molecule has 9 nitrogen and oxygen atoms in total. The highest BCUT2D eigenvalue weighted by Gasteiger charge is 2.16. The van der Waals surface area contributed by atoms with Gasteiger partial charge >= 0.3 is 0 Å². The SMILES string of the molecule is O=C(NO)c1ccc(CN(c2cnccn2)c2cc(-c3c[nH]c4ncccc34)ccn2)cc1. The van der Waals surface area contributed by atoms with Crippen LogP contribution in [-0.4, -0.2) is 36.0 Å². The summed E-state index contributed by atoms with van der Waals surface area (Å²) in [6, 6.07) is 14.8. The largest absolute Gasteiger partial charge is 0.346 e. The van der Waals surface area contributed by atoms with Crippen molar-refractivity contribution in [2.45, 2.75) is 6.54 Å². The number of H-pyrrole nitrogens is 1.